The predicted octanol–water partition coefficient (Wildman–Crippen LogP) is 1.02. The minimum Gasteiger partial charge on any atom is -0.493 e. The fraction of sp³-hybridized carbons (Fsp3) is 0.353. The quantitative estimate of drug-likeness (QED) is 0.642. The summed E-state index contributed by atoms with van der Waals surface area (Å²) in [5.74, 6) is 2.66. The molecule has 2 aromatic heterocycles. The van der Waals surface area contributed by atoms with Gasteiger partial charge in [0.25, 0.3) is 0 Å². The fourth-order valence-electron chi connectivity index (χ4n) is 2.89. The number of imidazole rings is 1. The van der Waals surface area contributed by atoms with Crippen LogP contribution < -0.4 is 19.9 Å². The molecule has 1 aromatic carbocycles. The molecule has 26 heavy (non-hydrogen) atoms. The Labute approximate surface area is 150 Å². The highest BCUT2D eigenvalue weighted by Gasteiger charge is 2.18. The van der Waals surface area contributed by atoms with E-state index < -0.39 is 0 Å². The maximum Gasteiger partial charge on any atom is 0.203 e. The average molecular weight is 359 g/mol. The topological polar surface area (TPSA) is 118 Å². The van der Waals surface area contributed by atoms with Gasteiger partial charge >= 0.3 is 0 Å². The molecule has 0 spiro atoms. The summed E-state index contributed by atoms with van der Waals surface area (Å²) in [7, 11) is 4.69. The van der Waals surface area contributed by atoms with Crippen LogP contribution in [0, 0.1) is 0 Å². The normalized spacial score (nSPS) is 10.9. The number of anilines is 1. The second-order valence-electron chi connectivity index (χ2n) is 5.54. The van der Waals surface area contributed by atoms with Crippen molar-refractivity contribution >= 4 is 17.0 Å². The summed E-state index contributed by atoms with van der Waals surface area (Å²) < 4.78 is 18.0. The van der Waals surface area contributed by atoms with Crippen LogP contribution in [-0.2, 0) is 13.0 Å². The summed E-state index contributed by atoms with van der Waals surface area (Å²) in [4.78, 5) is 12.8. The lowest BCUT2D eigenvalue weighted by Gasteiger charge is -2.14. The number of nitrogens with zero attached hydrogens (tertiary/aromatic N) is 4. The highest BCUT2D eigenvalue weighted by atomic mass is 16.5. The minimum absolute atomic E-state index is 0.0440. The molecule has 0 saturated heterocycles. The number of nitrogen functional groups attached to an aromatic ring is 1. The Morgan fingerprint density at radius 2 is 1.77 bits per heavy atom. The molecule has 0 atom stereocenters. The average Bonchev–Trinajstić information content (AvgIpc) is 3.00. The van der Waals surface area contributed by atoms with Crippen LogP contribution in [0.25, 0.3) is 11.2 Å². The number of aliphatic hydroxyl groups is 1. The second kappa shape index (κ2) is 7.44. The van der Waals surface area contributed by atoms with Crippen molar-refractivity contribution < 1.29 is 19.3 Å². The molecule has 0 aliphatic carbocycles. The Morgan fingerprint density at radius 3 is 2.35 bits per heavy atom. The first kappa shape index (κ1) is 17.7. The highest BCUT2D eigenvalue weighted by molar-refractivity contribution is 5.81. The van der Waals surface area contributed by atoms with E-state index in [4.69, 9.17) is 19.9 Å². The lowest BCUT2D eigenvalue weighted by molar-refractivity contribution is 0.276. The van der Waals surface area contributed by atoms with Gasteiger partial charge in [-0.05, 0) is 17.7 Å². The first-order valence-corrected chi connectivity index (χ1v) is 7.98. The Bertz CT molecular complexity index is 900. The van der Waals surface area contributed by atoms with Gasteiger partial charge in [0, 0.05) is 13.0 Å². The molecule has 3 rings (SSSR count). The van der Waals surface area contributed by atoms with E-state index in [9.17, 15) is 5.11 Å². The molecule has 0 radical (unpaired) electrons. The third-order valence-electron chi connectivity index (χ3n) is 4.05. The van der Waals surface area contributed by atoms with Crippen molar-refractivity contribution in [1.29, 1.82) is 0 Å². The molecule has 0 aliphatic heterocycles. The van der Waals surface area contributed by atoms with Crippen molar-refractivity contribution in [3.63, 3.8) is 0 Å². The molecule has 3 N–H and O–H groups in total. The first-order chi connectivity index (χ1) is 12.6. The number of ether oxygens (including phenoxy) is 3. The van der Waals surface area contributed by atoms with Gasteiger partial charge in [0.05, 0.1) is 27.9 Å². The van der Waals surface area contributed by atoms with Crippen LogP contribution in [0.4, 0.5) is 5.82 Å². The van der Waals surface area contributed by atoms with Gasteiger partial charge in [-0.3, -0.25) is 0 Å². The van der Waals surface area contributed by atoms with Crippen molar-refractivity contribution in [2.45, 2.75) is 13.0 Å². The van der Waals surface area contributed by atoms with Crippen LogP contribution in [0.2, 0.25) is 0 Å². The second-order valence-corrected chi connectivity index (χ2v) is 5.54. The van der Waals surface area contributed by atoms with Crippen LogP contribution >= 0.6 is 0 Å². The zero-order valence-corrected chi connectivity index (χ0v) is 14.9. The predicted molar refractivity (Wildman–Crippen MR) is 95.7 cm³/mol. The zero-order chi connectivity index (χ0) is 18.7. The molecule has 0 unspecified atom stereocenters. The van der Waals surface area contributed by atoms with Gasteiger partial charge in [-0.25, -0.2) is 15.0 Å². The molecule has 138 valence electrons. The van der Waals surface area contributed by atoms with Gasteiger partial charge in [0.2, 0.25) is 5.75 Å². The molecule has 3 aromatic rings. The van der Waals surface area contributed by atoms with Crippen LogP contribution in [0.3, 0.4) is 0 Å². The van der Waals surface area contributed by atoms with E-state index >= 15 is 0 Å². The Morgan fingerprint density at radius 1 is 1.08 bits per heavy atom. The summed E-state index contributed by atoms with van der Waals surface area (Å²) in [6.07, 6.45) is 1.85. The summed E-state index contributed by atoms with van der Waals surface area (Å²) in [6.45, 7) is 0.310. The van der Waals surface area contributed by atoms with Crippen molar-refractivity contribution in [2.24, 2.45) is 0 Å². The number of methoxy groups -OCH3 is 3. The Balaban J connectivity index is 2.08. The van der Waals surface area contributed by atoms with Crippen molar-refractivity contribution in [2.75, 3.05) is 33.7 Å². The van der Waals surface area contributed by atoms with Crippen LogP contribution in [-0.4, -0.2) is 52.6 Å². The molecule has 9 heteroatoms. The Kier molecular flexibility index (Phi) is 5.08. The number of benzene rings is 1. The number of rotatable bonds is 7. The van der Waals surface area contributed by atoms with E-state index in [2.05, 4.69) is 15.0 Å². The van der Waals surface area contributed by atoms with Gasteiger partial charge in [-0.15, -0.1) is 0 Å². The van der Waals surface area contributed by atoms with Gasteiger partial charge in [-0.2, -0.15) is 0 Å². The van der Waals surface area contributed by atoms with Gasteiger partial charge in [0.15, 0.2) is 28.5 Å². The molecule has 0 bridgehead atoms. The van der Waals surface area contributed by atoms with Gasteiger partial charge < -0.3 is 29.6 Å². The summed E-state index contributed by atoms with van der Waals surface area (Å²) in [6, 6.07) is 3.72. The maximum atomic E-state index is 9.41. The van der Waals surface area contributed by atoms with E-state index in [0.717, 1.165) is 5.56 Å². The number of fused-ring (bicyclic) bond motifs is 1. The monoisotopic (exact) mass is 359 g/mol. The lowest BCUT2D eigenvalue weighted by Crippen LogP contribution is -2.08. The van der Waals surface area contributed by atoms with E-state index in [-0.39, 0.29) is 6.61 Å². The summed E-state index contributed by atoms with van der Waals surface area (Å²) in [5.41, 5.74) is 7.92. The number of hydrogen-bond acceptors (Lipinski definition) is 8. The van der Waals surface area contributed by atoms with Crippen molar-refractivity contribution in [3.05, 3.63) is 29.8 Å². The summed E-state index contributed by atoms with van der Waals surface area (Å²) in [5, 5.41) is 9.41. The molecular weight excluding hydrogens is 338 g/mol. The number of hydrogen-bond donors (Lipinski definition) is 2. The van der Waals surface area contributed by atoms with Crippen molar-refractivity contribution in [1.82, 2.24) is 19.5 Å². The van der Waals surface area contributed by atoms with Crippen LogP contribution in [0.1, 0.15) is 11.4 Å². The molecule has 0 saturated carbocycles. The highest BCUT2D eigenvalue weighted by Crippen LogP contribution is 2.38. The minimum atomic E-state index is -0.0440. The number of aromatic nitrogens is 4. The van der Waals surface area contributed by atoms with Gasteiger partial charge in [-0.1, -0.05) is 0 Å². The molecule has 0 fully saturated rings. The molecular formula is C17H21N5O4. The first-order valence-electron chi connectivity index (χ1n) is 7.98. The van der Waals surface area contributed by atoms with Crippen LogP contribution in [0.5, 0.6) is 17.2 Å². The standard InChI is InChI=1S/C17H21N5O4/c1-24-11-6-10(7-12(25-2)15(11)26-3)8-13-21-14-16(18)19-9-20-17(14)22(13)4-5-23/h6-7,9,23H,4-5,8H2,1-3H3,(H2,18,19,20). The fourth-order valence-corrected chi connectivity index (χ4v) is 2.89. The lowest BCUT2D eigenvalue weighted by atomic mass is 10.1. The molecule has 9 nitrogen and oxygen atoms in total. The van der Waals surface area contributed by atoms with Crippen molar-refractivity contribution in [3.8, 4) is 17.2 Å². The number of aliphatic hydroxyl groups excluding tert-OH is 1. The van der Waals surface area contributed by atoms with E-state index in [1.54, 1.807) is 21.3 Å². The van der Waals surface area contributed by atoms with E-state index in [0.29, 0.717) is 53.0 Å². The molecule has 0 aliphatic rings. The third-order valence-corrected chi connectivity index (χ3v) is 4.05. The summed E-state index contributed by atoms with van der Waals surface area (Å²) >= 11 is 0. The van der Waals surface area contributed by atoms with Gasteiger partial charge in [0.1, 0.15) is 12.2 Å². The molecule has 0 amide bonds. The zero-order valence-electron chi connectivity index (χ0n) is 14.9. The largest absolute Gasteiger partial charge is 0.493 e. The van der Waals surface area contributed by atoms with Crippen LogP contribution in [0.15, 0.2) is 18.5 Å². The smallest absolute Gasteiger partial charge is 0.203 e. The van der Waals surface area contributed by atoms with E-state index in [1.165, 1.54) is 6.33 Å². The third kappa shape index (κ3) is 3.08. The maximum absolute atomic E-state index is 9.41. The Hall–Kier alpha value is -3.07. The van der Waals surface area contributed by atoms with E-state index in [1.807, 2.05) is 16.7 Å². The SMILES string of the molecule is COc1cc(Cc2nc3c(N)ncnc3n2CCO)cc(OC)c1OC. The number of nitrogens with two attached hydrogens (primary N) is 1. The molecule has 2 heterocycles.